The van der Waals surface area contributed by atoms with Gasteiger partial charge in [-0.2, -0.15) is 0 Å². The van der Waals surface area contributed by atoms with Crippen molar-refractivity contribution in [3.8, 4) is 0 Å². The first-order valence-corrected chi connectivity index (χ1v) is 11.7. The largest absolute Gasteiger partial charge is 0.462 e. The van der Waals surface area contributed by atoms with Gasteiger partial charge in [0.05, 0.1) is 6.10 Å². The van der Waals surface area contributed by atoms with Crippen LogP contribution in [0.15, 0.2) is 0 Å². The van der Waals surface area contributed by atoms with Crippen LogP contribution in [-0.2, 0) is 9.53 Å². The Bertz CT molecular complexity index is 549. The summed E-state index contributed by atoms with van der Waals surface area (Å²) >= 11 is 0. The standard InChI is InChI=1S/C24H42O4/c1-5-6-8-20-21(28-16(2)26)15-17-18-9-10-22(27)24(18,4)13-11-19(17)23(20,3)12-7-14-25/h17-22,25,27H,5-15H2,1-4H3/t17-,18-,19-,20-,21-,22-,23+,24-/m0/s1. The van der Waals surface area contributed by atoms with Crippen LogP contribution in [-0.4, -0.2) is 35.0 Å². The van der Waals surface area contributed by atoms with Gasteiger partial charge < -0.3 is 14.9 Å². The fourth-order valence-corrected chi connectivity index (χ4v) is 7.65. The Kier molecular flexibility index (Phi) is 6.81. The van der Waals surface area contributed by atoms with Gasteiger partial charge in [0.2, 0.25) is 0 Å². The number of carbonyl (C=O) groups excluding carboxylic acids is 1. The van der Waals surface area contributed by atoms with E-state index in [1.807, 2.05) is 0 Å². The summed E-state index contributed by atoms with van der Waals surface area (Å²) in [4.78, 5) is 12.0. The van der Waals surface area contributed by atoms with Crippen LogP contribution in [0, 0.1) is 34.5 Å². The summed E-state index contributed by atoms with van der Waals surface area (Å²) in [6, 6.07) is 0. The van der Waals surface area contributed by atoms with Crippen molar-refractivity contribution in [1.82, 2.24) is 0 Å². The minimum atomic E-state index is -0.188. The molecule has 0 aromatic carbocycles. The lowest BCUT2D eigenvalue weighted by molar-refractivity contribution is -0.182. The molecule has 4 heteroatoms. The number of carbonyl (C=O) groups is 1. The van der Waals surface area contributed by atoms with Crippen molar-refractivity contribution in [3.63, 3.8) is 0 Å². The van der Waals surface area contributed by atoms with Crippen molar-refractivity contribution in [2.24, 2.45) is 34.5 Å². The Morgan fingerprint density at radius 1 is 1.14 bits per heavy atom. The van der Waals surface area contributed by atoms with E-state index in [0.29, 0.717) is 23.7 Å². The molecule has 3 fully saturated rings. The first-order valence-electron chi connectivity index (χ1n) is 11.7. The van der Waals surface area contributed by atoms with Crippen LogP contribution in [0.5, 0.6) is 0 Å². The number of aliphatic hydroxyl groups is 2. The molecule has 0 bridgehead atoms. The molecule has 3 aliphatic rings. The second kappa shape index (κ2) is 8.63. The first-order chi connectivity index (χ1) is 13.3. The lowest BCUT2D eigenvalue weighted by Crippen LogP contribution is -2.57. The summed E-state index contributed by atoms with van der Waals surface area (Å²) in [6.07, 6.45) is 10.3. The van der Waals surface area contributed by atoms with Gasteiger partial charge in [-0.15, -0.1) is 0 Å². The molecule has 0 aromatic rings. The minimum absolute atomic E-state index is 0.0194. The lowest BCUT2D eigenvalue weighted by Gasteiger charge is -2.60. The summed E-state index contributed by atoms with van der Waals surface area (Å²) in [5.74, 6) is 1.86. The molecule has 8 atom stereocenters. The average molecular weight is 395 g/mol. The van der Waals surface area contributed by atoms with Gasteiger partial charge in [-0.3, -0.25) is 4.79 Å². The maximum atomic E-state index is 12.0. The molecule has 4 nitrogen and oxygen atoms in total. The molecule has 3 saturated carbocycles. The zero-order valence-electron chi connectivity index (χ0n) is 18.5. The van der Waals surface area contributed by atoms with E-state index in [0.717, 1.165) is 64.2 Å². The van der Waals surface area contributed by atoms with Crippen LogP contribution >= 0.6 is 0 Å². The highest BCUT2D eigenvalue weighted by Crippen LogP contribution is 2.65. The Hall–Kier alpha value is -0.610. The molecule has 0 aromatic heterocycles. The topological polar surface area (TPSA) is 66.8 Å². The Morgan fingerprint density at radius 2 is 1.89 bits per heavy atom. The molecule has 0 heterocycles. The number of aliphatic hydroxyl groups excluding tert-OH is 2. The highest BCUT2D eigenvalue weighted by molar-refractivity contribution is 5.66. The molecule has 0 aliphatic heterocycles. The monoisotopic (exact) mass is 394 g/mol. The maximum Gasteiger partial charge on any atom is 0.302 e. The van der Waals surface area contributed by atoms with E-state index >= 15 is 0 Å². The van der Waals surface area contributed by atoms with Crippen LogP contribution < -0.4 is 0 Å². The zero-order chi connectivity index (χ0) is 20.5. The fraction of sp³-hybridized carbons (Fsp3) is 0.958. The van der Waals surface area contributed by atoms with E-state index in [1.165, 1.54) is 0 Å². The smallest absolute Gasteiger partial charge is 0.302 e. The number of rotatable bonds is 7. The number of fused-ring (bicyclic) bond motifs is 3. The highest BCUT2D eigenvalue weighted by atomic mass is 16.5. The van der Waals surface area contributed by atoms with Gasteiger partial charge in [0.15, 0.2) is 0 Å². The van der Waals surface area contributed by atoms with E-state index in [9.17, 15) is 15.0 Å². The Balaban J connectivity index is 1.96. The van der Waals surface area contributed by atoms with E-state index in [1.54, 1.807) is 6.92 Å². The van der Waals surface area contributed by atoms with E-state index in [4.69, 9.17) is 4.74 Å². The number of hydrogen-bond acceptors (Lipinski definition) is 4. The molecule has 0 amide bonds. The second-order valence-corrected chi connectivity index (χ2v) is 10.5. The average Bonchev–Trinajstić information content (AvgIpc) is 2.94. The third-order valence-corrected chi connectivity index (χ3v) is 9.09. The van der Waals surface area contributed by atoms with Gasteiger partial charge in [0.25, 0.3) is 0 Å². The molecule has 162 valence electrons. The van der Waals surface area contributed by atoms with Gasteiger partial charge in [0.1, 0.15) is 6.10 Å². The molecule has 28 heavy (non-hydrogen) atoms. The Labute approximate surface area is 171 Å². The van der Waals surface area contributed by atoms with Gasteiger partial charge >= 0.3 is 5.97 Å². The van der Waals surface area contributed by atoms with Crippen LogP contribution in [0.2, 0.25) is 0 Å². The van der Waals surface area contributed by atoms with Crippen molar-refractivity contribution < 1.29 is 19.7 Å². The van der Waals surface area contributed by atoms with E-state index < -0.39 is 0 Å². The summed E-state index contributed by atoms with van der Waals surface area (Å²) in [7, 11) is 0. The van der Waals surface area contributed by atoms with Crippen LogP contribution in [0.3, 0.4) is 0 Å². The molecule has 0 saturated heterocycles. The van der Waals surface area contributed by atoms with E-state index in [2.05, 4.69) is 20.8 Å². The molecule has 2 N–H and O–H groups in total. The van der Waals surface area contributed by atoms with Crippen molar-refractivity contribution in [3.05, 3.63) is 0 Å². The van der Waals surface area contributed by atoms with Crippen molar-refractivity contribution in [1.29, 1.82) is 0 Å². The summed E-state index contributed by atoms with van der Waals surface area (Å²) in [5.41, 5.74) is 0.117. The van der Waals surface area contributed by atoms with Gasteiger partial charge in [-0.25, -0.2) is 0 Å². The molecule has 3 rings (SSSR count). The second-order valence-electron chi connectivity index (χ2n) is 10.5. The molecule has 0 unspecified atom stereocenters. The van der Waals surface area contributed by atoms with E-state index in [-0.39, 0.29) is 35.6 Å². The normalized spacial score (nSPS) is 45.4. The number of hydrogen-bond donors (Lipinski definition) is 2. The predicted octanol–water partition coefficient (Wildman–Crippen LogP) is 4.71. The minimum Gasteiger partial charge on any atom is -0.462 e. The molecular formula is C24H42O4. The van der Waals surface area contributed by atoms with Gasteiger partial charge in [-0.1, -0.05) is 33.6 Å². The fourth-order valence-electron chi connectivity index (χ4n) is 7.65. The first kappa shape index (κ1) is 22.1. The van der Waals surface area contributed by atoms with Crippen LogP contribution in [0.1, 0.15) is 91.9 Å². The van der Waals surface area contributed by atoms with Crippen molar-refractivity contribution >= 4 is 5.97 Å². The third kappa shape index (κ3) is 3.76. The van der Waals surface area contributed by atoms with Crippen molar-refractivity contribution in [2.75, 3.05) is 6.61 Å². The van der Waals surface area contributed by atoms with Crippen LogP contribution in [0.25, 0.3) is 0 Å². The summed E-state index contributed by atoms with van der Waals surface area (Å²) < 4.78 is 5.97. The number of ether oxygens (including phenoxy) is 1. The quantitative estimate of drug-likeness (QED) is 0.614. The van der Waals surface area contributed by atoms with Gasteiger partial charge in [-0.05, 0) is 80.0 Å². The maximum absolute atomic E-state index is 12.0. The number of unbranched alkanes of at least 4 members (excludes halogenated alkanes) is 1. The zero-order valence-corrected chi connectivity index (χ0v) is 18.5. The molecular weight excluding hydrogens is 352 g/mol. The third-order valence-electron chi connectivity index (χ3n) is 9.09. The molecule has 0 spiro atoms. The Morgan fingerprint density at radius 3 is 2.54 bits per heavy atom. The molecule has 3 aliphatic carbocycles. The summed E-state index contributed by atoms with van der Waals surface area (Å²) in [5, 5.41) is 20.3. The lowest BCUT2D eigenvalue weighted by atomic mass is 9.45. The van der Waals surface area contributed by atoms with Crippen molar-refractivity contribution in [2.45, 2.75) is 104 Å². The number of esters is 1. The summed E-state index contributed by atoms with van der Waals surface area (Å²) in [6.45, 7) is 8.71. The highest BCUT2D eigenvalue weighted by Gasteiger charge is 2.61. The molecule has 0 radical (unpaired) electrons. The predicted molar refractivity (Wildman–Crippen MR) is 111 cm³/mol. The van der Waals surface area contributed by atoms with Crippen LogP contribution in [0.4, 0.5) is 0 Å². The SMILES string of the molecule is CCCC[C@H]1[C@@H](OC(C)=O)C[C@@H]2[C@H](CC[C@]3(C)[C@@H](O)CC[C@@H]23)[C@@]1(C)CCCO. The van der Waals surface area contributed by atoms with Gasteiger partial charge in [0, 0.05) is 19.4 Å².